The molecule has 4 nitrogen and oxygen atoms in total. The Bertz CT molecular complexity index is 844. The van der Waals surface area contributed by atoms with Crippen molar-refractivity contribution in [2.75, 3.05) is 5.32 Å². The predicted octanol–water partition coefficient (Wildman–Crippen LogP) is 3.92. The molecule has 0 bridgehead atoms. The molecule has 0 atom stereocenters. The second-order valence-electron chi connectivity index (χ2n) is 5.04. The topological polar surface area (TPSA) is 54.9 Å². The summed E-state index contributed by atoms with van der Waals surface area (Å²) in [5, 5.41) is 11.9. The maximum atomic E-state index is 12.9. The molecule has 0 fully saturated rings. The number of nitrogens with zero attached hydrogens (tertiary/aromatic N) is 2. The van der Waals surface area contributed by atoms with Gasteiger partial charge in [0.2, 0.25) is 11.0 Å². The van der Waals surface area contributed by atoms with Crippen LogP contribution in [0.15, 0.2) is 60.7 Å². The first kappa shape index (κ1) is 16.0. The SMILES string of the molecule is O=C(/C=C/c1ccccc1)Nc1nnc(Cc2ccc(F)cc2)s1. The smallest absolute Gasteiger partial charge is 0.250 e. The van der Waals surface area contributed by atoms with E-state index in [9.17, 15) is 9.18 Å². The van der Waals surface area contributed by atoms with Crippen LogP contribution in [0.1, 0.15) is 16.1 Å². The minimum atomic E-state index is -0.269. The molecule has 1 N–H and O–H groups in total. The predicted molar refractivity (Wildman–Crippen MR) is 93.2 cm³/mol. The normalized spacial score (nSPS) is 10.9. The van der Waals surface area contributed by atoms with Crippen molar-refractivity contribution in [3.8, 4) is 0 Å². The summed E-state index contributed by atoms with van der Waals surface area (Å²) in [7, 11) is 0. The molecule has 0 aliphatic rings. The highest BCUT2D eigenvalue weighted by Crippen LogP contribution is 2.18. The van der Waals surface area contributed by atoms with Gasteiger partial charge in [0.25, 0.3) is 0 Å². The lowest BCUT2D eigenvalue weighted by atomic mass is 10.2. The number of carbonyl (C=O) groups is 1. The molecule has 0 saturated carbocycles. The van der Waals surface area contributed by atoms with Crippen LogP contribution in [0.5, 0.6) is 0 Å². The first-order chi connectivity index (χ1) is 11.7. The second kappa shape index (κ2) is 7.61. The van der Waals surface area contributed by atoms with Gasteiger partial charge in [-0.1, -0.05) is 53.8 Å². The van der Waals surface area contributed by atoms with Gasteiger partial charge in [-0.15, -0.1) is 10.2 Å². The number of nitrogens with one attached hydrogen (secondary N) is 1. The van der Waals surface area contributed by atoms with Crippen molar-refractivity contribution in [2.24, 2.45) is 0 Å². The molecule has 0 spiro atoms. The lowest BCUT2D eigenvalue weighted by molar-refractivity contribution is -0.111. The van der Waals surface area contributed by atoms with Crippen molar-refractivity contribution in [3.63, 3.8) is 0 Å². The van der Waals surface area contributed by atoms with Crippen LogP contribution in [-0.4, -0.2) is 16.1 Å². The summed E-state index contributed by atoms with van der Waals surface area (Å²) < 4.78 is 12.9. The molecular weight excluding hydrogens is 325 g/mol. The third-order valence-corrected chi connectivity index (χ3v) is 4.03. The van der Waals surface area contributed by atoms with Crippen molar-refractivity contribution < 1.29 is 9.18 Å². The molecule has 3 aromatic rings. The highest BCUT2D eigenvalue weighted by molar-refractivity contribution is 7.15. The zero-order chi connectivity index (χ0) is 16.8. The molecule has 0 saturated heterocycles. The molecule has 0 aliphatic heterocycles. The van der Waals surface area contributed by atoms with E-state index in [4.69, 9.17) is 0 Å². The minimum absolute atomic E-state index is 0.261. The molecule has 1 heterocycles. The number of halogens is 1. The van der Waals surface area contributed by atoms with E-state index in [-0.39, 0.29) is 11.7 Å². The van der Waals surface area contributed by atoms with Crippen LogP contribution in [0.25, 0.3) is 6.08 Å². The summed E-state index contributed by atoms with van der Waals surface area (Å²) in [5.74, 6) is -0.530. The van der Waals surface area contributed by atoms with E-state index >= 15 is 0 Å². The van der Waals surface area contributed by atoms with Crippen molar-refractivity contribution >= 4 is 28.5 Å². The summed E-state index contributed by atoms with van der Waals surface area (Å²) in [6, 6.07) is 15.8. The summed E-state index contributed by atoms with van der Waals surface area (Å²) in [6.45, 7) is 0. The van der Waals surface area contributed by atoms with Crippen LogP contribution in [0.2, 0.25) is 0 Å². The van der Waals surface area contributed by atoms with E-state index in [1.807, 2.05) is 30.3 Å². The molecule has 2 aromatic carbocycles. The van der Waals surface area contributed by atoms with Crippen molar-refractivity contribution in [3.05, 3.63) is 82.6 Å². The van der Waals surface area contributed by atoms with Crippen molar-refractivity contribution in [1.29, 1.82) is 0 Å². The lowest BCUT2D eigenvalue weighted by Gasteiger charge is -1.97. The van der Waals surface area contributed by atoms with Crippen molar-refractivity contribution in [1.82, 2.24) is 10.2 Å². The Labute approximate surface area is 142 Å². The van der Waals surface area contributed by atoms with E-state index in [2.05, 4.69) is 15.5 Å². The quantitative estimate of drug-likeness (QED) is 0.717. The first-order valence-electron chi connectivity index (χ1n) is 7.30. The second-order valence-corrected chi connectivity index (χ2v) is 6.10. The third kappa shape index (κ3) is 4.57. The summed E-state index contributed by atoms with van der Waals surface area (Å²) >= 11 is 1.30. The van der Waals surface area contributed by atoms with Gasteiger partial charge >= 0.3 is 0 Å². The van der Waals surface area contributed by atoms with Gasteiger partial charge < -0.3 is 0 Å². The molecule has 0 unspecified atom stereocenters. The molecule has 1 amide bonds. The number of benzene rings is 2. The Morgan fingerprint density at radius 3 is 2.58 bits per heavy atom. The fraction of sp³-hybridized carbons (Fsp3) is 0.0556. The Morgan fingerprint density at radius 1 is 1.08 bits per heavy atom. The van der Waals surface area contributed by atoms with Crippen LogP contribution >= 0.6 is 11.3 Å². The zero-order valence-electron chi connectivity index (χ0n) is 12.6. The van der Waals surface area contributed by atoms with Crippen molar-refractivity contribution in [2.45, 2.75) is 6.42 Å². The number of amides is 1. The number of hydrogen-bond acceptors (Lipinski definition) is 4. The molecule has 3 rings (SSSR count). The fourth-order valence-corrected chi connectivity index (χ4v) is 2.81. The van der Waals surface area contributed by atoms with Crippen LogP contribution < -0.4 is 5.32 Å². The van der Waals surface area contributed by atoms with Gasteiger partial charge in [-0.2, -0.15) is 0 Å². The number of hydrogen-bond donors (Lipinski definition) is 1. The van der Waals surface area contributed by atoms with Gasteiger partial charge in [0.1, 0.15) is 10.8 Å². The molecular formula is C18H14FN3OS. The van der Waals surface area contributed by atoms with Gasteiger partial charge in [-0.05, 0) is 29.3 Å². The Hall–Kier alpha value is -2.86. The monoisotopic (exact) mass is 339 g/mol. The Morgan fingerprint density at radius 2 is 1.83 bits per heavy atom. The van der Waals surface area contributed by atoms with Gasteiger partial charge in [0.15, 0.2) is 0 Å². The summed E-state index contributed by atoms with van der Waals surface area (Å²) in [4.78, 5) is 11.9. The zero-order valence-corrected chi connectivity index (χ0v) is 13.5. The molecule has 0 radical (unpaired) electrons. The van der Waals surface area contributed by atoms with E-state index in [1.54, 1.807) is 18.2 Å². The summed E-state index contributed by atoms with van der Waals surface area (Å²) in [6.07, 6.45) is 3.74. The maximum Gasteiger partial charge on any atom is 0.250 e. The number of anilines is 1. The van der Waals surface area contributed by atoms with Crippen LogP contribution in [0, 0.1) is 5.82 Å². The molecule has 6 heteroatoms. The molecule has 0 aliphatic carbocycles. The fourth-order valence-electron chi connectivity index (χ4n) is 2.04. The third-order valence-electron chi connectivity index (χ3n) is 3.19. The van der Waals surface area contributed by atoms with E-state index in [1.165, 1.54) is 29.5 Å². The Balaban J connectivity index is 1.58. The number of carbonyl (C=O) groups excluding carboxylic acids is 1. The summed E-state index contributed by atoms with van der Waals surface area (Å²) in [5.41, 5.74) is 1.89. The van der Waals surface area contributed by atoms with Crippen LogP contribution in [-0.2, 0) is 11.2 Å². The molecule has 120 valence electrons. The first-order valence-corrected chi connectivity index (χ1v) is 8.11. The van der Waals surface area contributed by atoms with E-state index in [0.29, 0.717) is 11.6 Å². The van der Waals surface area contributed by atoms with Gasteiger partial charge in [0, 0.05) is 12.5 Å². The van der Waals surface area contributed by atoms with Gasteiger partial charge in [-0.3, -0.25) is 10.1 Å². The molecule has 1 aromatic heterocycles. The van der Waals surface area contributed by atoms with E-state index < -0.39 is 0 Å². The average Bonchev–Trinajstić information content (AvgIpc) is 3.03. The highest BCUT2D eigenvalue weighted by Gasteiger charge is 2.07. The number of aromatic nitrogens is 2. The van der Waals surface area contributed by atoms with Crippen LogP contribution in [0.3, 0.4) is 0 Å². The minimum Gasteiger partial charge on any atom is -0.297 e. The maximum absolute atomic E-state index is 12.9. The van der Waals surface area contributed by atoms with Gasteiger partial charge in [0.05, 0.1) is 0 Å². The lowest BCUT2D eigenvalue weighted by Crippen LogP contribution is -2.07. The van der Waals surface area contributed by atoms with E-state index in [0.717, 1.165) is 16.1 Å². The largest absolute Gasteiger partial charge is 0.297 e. The molecule has 24 heavy (non-hydrogen) atoms. The standard InChI is InChI=1S/C18H14FN3OS/c19-15-9-6-14(7-10-15)12-17-21-22-18(24-17)20-16(23)11-8-13-4-2-1-3-5-13/h1-11H,12H2,(H,20,22,23)/b11-8+. The highest BCUT2D eigenvalue weighted by atomic mass is 32.1. The Kier molecular flexibility index (Phi) is 5.08. The average molecular weight is 339 g/mol. The van der Waals surface area contributed by atoms with Gasteiger partial charge in [-0.25, -0.2) is 4.39 Å². The van der Waals surface area contributed by atoms with Crippen LogP contribution in [0.4, 0.5) is 9.52 Å². The number of rotatable bonds is 5.